The molecular formula is C17H21N3. The Morgan fingerprint density at radius 1 is 1.00 bits per heavy atom. The van der Waals surface area contributed by atoms with E-state index in [1.807, 2.05) is 24.3 Å². The lowest BCUT2D eigenvalue weighted by Crippen LogP contribution is -2.22. The molecule has 0 aromatic heterocycles. The first-order valence-electron chi connectivity index (χ1n) is 6.88. The van der Waals surface area contributed by atoms with Gasteiger partial charge in [-0.2, -0.15) is 0 Å². The summed E-state index contributed by atoms with van der Waals surface area (Å²) in [6.45, 7) is 4.95. The van der Waals surface area contributed by atoms with Crippen LogP contribution in [0.3, 0.4) is 0 Å². The fourth-order valence-corrected chi connectivity index (χ4v) is 2.22. The Labute approximate surface area is 120 Å². The molecule has 3 N–H and O–H groups in total. The predicted octanol–water partition coefficient (Wildman–Crippen LogP) is 2.99. The van der Waals surface area contributed by atoms with Crippen LogP contribution in [0.4, 0.5) is 0 Å². The molecule has 0 heterocycles. The first kappa shape index (κ1) is 14.3. The van der Waals surface area contributed by atoms with E-state index in [2.05, 4.69) is 42.2 Å². The van der Waals surface area contributed by atoms with Gasteiger partial charge in [0.2, 0.25) is 0 Å². The highest BCUT2D eigenvalue weighted by Gasteiger charge is 2.06. The van der Waals surface area contributed by atoms with Crippen molar-refractivity contribution in [3.63, 3.8) is 0 Å². The van der Waals surface area contributed by atoms with Crippen molar-refractivity contribution in [2.75, 3.05) is 6.54 Å². The molecule has 3 heteroatoms. The summed E-state index contributed by atoms with van der Waals surface area (Å²) in [5.74, 6) is 0.123. The van der Waals surface area contributed by atoms with Gasteiger partial charge in [0.05, 0.1) is 0 Å². The number of nitrogens with zero attached hydrogens (tertiary/aromatic N) is 1. The van der Waals surface area contributed by atoms with Crippen LogP contribution in [-0.2, 0) is 13.1 Å². The highest BCUT2D eigenvalue weighted by Crippen LogP contribution is 2.11. The van der Waals surface area contributed by atoms with Gasteiger partial charge in [-0.25, -0.2) is 0 Å². The van der Waals surface area contributed by atoms with Gasteiger partial charge in [0.15, 0.2) is 0 Å². The number of hydrogen-bond acceptors (Lipinski definition) is 2. The number of benzene rings is 2. The average molecular weight is 267 g/mol. The van der Waals surface area contributed by atoms with Crippen molar-refractivity contribution >= 4 is 5.84 Å². The predicted molar refractivity (Wildman–Crippen MR) is 83.7 cm³/mol. The van der Waals surface area contributed by atoms with Gasteiger partial charge in [-0.1, -0.05) is 55.5 Å². The Morgan fingerprint density at radius 2 is 1.65 bits per heavy atom. The third-order valence-corrected chi connectivity index (χ3v) is 3.34. The molecule has 2 rings (SSSR count). The average Bonchev–Trinajstić information content (AvgIpc) is 2.48. The molecule has 0 bridgehead atoms. The Hall–Kier alpha value is -2.13. The molecule has 0 saturated heterocycles. The van der Waals surface area contributed by atoms with Crippen LogP contribution in [0.5, 0.6) is 0 Å². The van der Waals surface area contributed by atoms with Crippen molar-refractivity contribution in [2.45, 2.75) is 20.0 Å². The first-order chi connectivity index (χ1) is 9.69. The largest absolute Gasteiger partial charge is 0.384 e. The quantitative estimate of drug-likeness (QED) is 0.624. The van der Waals surface area contributed by atoms with Gasteiger partial charge in [0.1, 0.15) is 5.84 Å². The molecule has 20 heavy (non-hydrogen) atoms. The Bertz CT molecular complexity index is 563. The maximum absolute atomic E-state index is 7.50. The first-order valence-corrected chi connectivity index (χ1v) is 6.88. The molecule has 0 radical (unpaired) electrons. The zero-order valence-electron chi connectivity index (χ0n) is 11.8. The molecule has 0 aliphatic heterocycles. The van der Waals surface area contributed by atoms with Gasteiger partial charge >= 0.3 is 0 Å². The highest BCUT2D eigenvalue weighted by atomic mass is 15.1. The van der Waals surface area contributed by atoms with E-state index in [4.69, 9.17) is 11.1 Å². The Kier molecular flexibility index (Phi) is 4.91. The molecule has 3 nitrogen and oxygen atoms in total. The van der Waals surface area contributed by atoms with Gasteiger partial charge in [-0.05, 0) is 23.7 Å². The van der Waals surface area contributed by atoms with E-state index in [0.717, 1.165) is 25.2 Å². The van der Waals surface area contributed by atoms with Gasteiger partial charge in [0, 0.05) is 18.7 Å². The van der Waals surface area contributed by atoms with E-state index in [1.165, 1.54) is 11.1 Å². The molecule has 0 spiro atoms. The molecule has 0 amide bonds. The van der Waals surface area contributed by atoms with E-state index in [9.17, 15) is 0 Å². The summed E-state index contributed by atoms with van der Waals surface area (Å²) in [4.78, 5) is 2.37. The minimum atomic E-state index is 0.123. The zero-order chi connectivity index (χ0) is 14.4. The summed E-state index contributed by atoms with van der Waals surface area (Å²) in [5.41, 5.74) is 8.84. The number of rotatable bonds is 6. The minimum Gasteiger partial charge on any atom is -0.384 e. The van der Waals surface area contributed by atoms with Gasteiger partial charge in [-0.15, -0.1) is 0 Å². The number of nitrogen functional groups attached to an aromatic ring is 1. The smallest absolute Gasteiger partial charge is 0.122 e. The van der Waals surface area contributed by atoms with Crippen LogP contribution in [-0.4, -0.2) is 17.3 Å². The van der Waals surface area contributed by atoms with Gasteiger partial charge in [0.25, 0.3) is 0 Å². The summed E-state index contributed by atoms with van der Waals surface area (Å²) in [6, 6.07) is 18.4. The molecule has 0 saturated carbocycles. The van der Waals surface area contributed by atoms with Crippen LogP contribution in [0.15, 0.2) is 54.6 Å². The van der Waals surface area contributed by atoms with Crippen LogP contribution in [0.25, 0.3) is 0 Å². The molecule has 0 fully saturated rings. The van der Waals surface area contributed by atoms with E-state index < -0.39 is 0 Å². The van der Waals surface area contributed by atoms with Crippen molar-refractivity contribution in [3.05, 3.63) is 71.3 Å². The monoisotopic (exact) mass is 267 g/mol. The topological polar surface area (TPSA) is 53.1 Å². The number of amidine groups is 1. The molecule has 0 unspecified atom stereocenters. The standard InChI is InChI=1S/C17H21N3/c1-2-20(12-14-7-4-3-5-8-14)13-15-9-6-10-16(11-15)17(18)19/h3-11H,2,12-13H2,1H3,(H3,18,19). The SMILES string of the molecule is CCN(Cc1ccccc1)Cc1cccc(C(=N)N)c1. The summed E-state index contributed by atoms with van der Waals surface area (Å²) < 4.78 is 0. The molecular weight excluding hydrogens is 246 g/mol. The maximum Gasteiger partial charge on any atom is 0.122 e. The number of nitrogens with two attached hydrogens (primary N) is 1. The van der Waals surface area contributed by atoms with Crippen molar-refractivity contribution in [1.82, 2.24) is 4.90 Å². The Balaban J connectivity index is 2.06. The lowest BCUT2D eigenvalue weighted by Gasteiger charge is -2.21. The number of hydrogen-bond donors (Lipinski definition) is 2. The minimum absolute atomic E-state index is 0.123. The molecule has 0 atom stereocenters. The van der Waals surface area contributed by atoms with Crippen molar-refractivity contribution in [1.29, 1.82) is 5.41 Å². The van der Waals surface area contributed by atoms with Gasteiger partial charge in [-0.3, -0.25) is 10.3 Å². The van der Waals surface area contributed by atoms with Crippen molar-refractivity contribution in [3.8, 4) is 0 Å². The van der Waals surface area contributed by atoms with E-state index in [1.54, 1.807) is 0 Å². The van der Waals surface area contributed by atoms with Crippen molar-refractivity contribution in [2.24, 2.45) is 5.73 Å². The number of nitrogens with one attached hydrogen (secondary N) is 1. The van der Waals surface area contributed by atoms with E-state index >= 15 is 0 Å². The fraction of sp³-hybridized carbons (Fsp3) is 0.235. The second kappa shape index (κ2) is 6.87. The normalized spacial score (nSPS) is 10.7. The van der Waals surface area contributed by atoms with Crippen molar-refractivity contribution < 1.29 is 0 Å². The molecule has 0 aliphatic rings. The highest BCUT2D eigenvalue weighted by molar-refractivity contribution is 5.95. The summed E-state index contributed by atoms with van der Waals surface area (Å²) >= 11 is 0. The van der Waals surface area contributed by atoms with Gasteiger partial charge < -0.3 is 5.73 Å². The van der Waals surface area contributed by atoms with Crippen LogP contribution in [0.2, 0.25) is 0 Å². The molecule has 2 aromatic carbocycles. The zero-order valence-corrected chi connectivity index (χ0v) is 11.8. The van der Waals surface area contributed by atoms with Crippen LogP contribution in [0, 0.1) is 5.41 Å². The molecule has 104 valence electrons. The Morgan fingerprint density at radius 3 is 2.30 bits per heavy atom. The fourth-order valence-electron chi connectivity index (χ4n) is 2.22. The molecule has 0 aliphatic carbocycles. The lowest BCUT2D eigenvalue weighted by atomic mass is 10.1. The third-order valence-electron chi connectivity index (χ3n) is 3.34. The van der Waals surface area contributed by atoms with Crippen LogP contribution >= 0.6 is 0 Å². The molecule has 2 aromatic rings. The van der Waals surface area contributed by atoms with E-state index in [-0.39, 0.29) is 5.84 Å². The summed E-state index contributed by atoms with van der Waals surface area (Å²) in [5, 5.41) is 7.50. The second-order valence-corrected chi connectivity index (χ2v) is 4.90. The van der Waals surface area contributed by atoms with Crippen LogP contribution in [0.1, 0.15) is 23.6 Å². The maximum atomic E-state index is 7.50. The lowest BCUT2D eigenvalue weighted by molar-refractivity contribution is 0.271. The summed E-state index contributed by atoms with van der Waals surface area (Å²) in [7, 11) is 0. The second-order valence-electron chi connectivity index (χ2n) is 4.90. The third kappa shape index (κ3) is 3.93. The van der Waals surface area contributed by atoms with Crippen LogP contribution < -0.4 is 5.73 Å². The van der Waals surface area contributed by atoms with E-state index in [0.29, 0.717) is 0 Å². The summed E-state index contributed by atoms with van der Waals surface area (Å²) in [6.07, 6.45) is 0.